The maximum absolute atomic E-state index is 13.2. The molecular weight excluding hydrogens is 458 g/mol. The molecule has 0 saturated carbocycles. The number of carbonyl (C=O) groups is 1. The van der Waals surface area contributed by atoms with Crippen molar-refractivity contribution in [2.24, 2.45) is 0 Å². The van der Waals surface area contributed by atoms with Crippen LogP contribution in [0.4, 0.5) is 11.4 Å². The highest BCUT2D eigenvalue weighted by atomic mass is 35.5. The normalized spacial score (nSPS) is 18.5. The number of morpholine rings is 1. The van der Waals surface area contributed by atoms with Gasteiger partial charge >= 0.3 is 0 Å². The molecule has 1 amide bonds. The largest absolute Gasteiger partial charge is 0.379 e. The van der Waals surface area contributed by atoms with Gasteiger partial charge in [-0.2, -0.15) is 4.31 Å². The third-order valence-electron chi connectivity index (χ3n) is 5.57. The molecule has 0 unspecified atom stereocenters. The highest BCUT2D eigenvalue weighted by Crippen LogP contribution is 2.33. The number of hydrogen-bond acceptors (Lipinski definition) is 6. The fourth-order valence-electron chi connectivity index (χ4n) is 3.92. The lowest BCUT2D eigenvalue weighted by atomic mass is 10.2. The number of nitrogens with zero attached hydrogens (tertiary/aromatic N) is 2. The van der Waals surface area contributed by atoms with Crippen LogP contribution in [0.5, 0.6) is 0 Å². The third kappa shape index (κ3) is 5.23. The van der Waals surface area contributed by atoms with Gasteiger partial charge in [-0.25, -0.2) is 8.42 Å². The van der Waals surface area contributed by atoms with Gasteiger partial charge in [0.25, 0.3) is 5.91 Å². The Bertz CT molecular complexity index is 1030. The van der Waals surface area contributed by atoms with Crippen LogP contribution >= 0.6 is 22.9 Å². The lowest BCUT2D eigenvalue weighted by Crippen LogP contribution is -2.40. The van der Waals surface area contributed by atoms with E-state index in [4.69, 9.17) is 16.3 Å². The smallest absolute Gasteiger partial charge is 0.265 e. The molecule has 4 rings (SSSR count). The van der Waals surface area contributed by atoms with Gasteiger partial charge in [-0.3, -0.25) is 4.79 Å². The molecule has 0 spiro atoms. The number of hydrogen-bond donors (Lipinski definition) is 1. The van der Waals surface area contributed by atoms with Crippen molar-refractivity contribution in [1.29, 1.82) is 0 Å². The van der Waals surface area contributed by atoms with E-state index in [0.717, 1.165) is 31.6 Å². The first-order valence-corrected chi connectivity index (χ1v) is 13.1. The van der Waals surface area contributed by atoms with Crippen molar-refractivity contribution >= 4 is 50.2 Å². The number of nitrogens with one attached hydrogen (secondary N) is 1. The van der Waals surface area contributed by atoms with Crippen molar-refractivity contribution in [3.63, 3.8) is 0 Å². The predicted molar refractivity (Wildman–Crippen MR) is 124 cm³/mol. The van der Waals surface area contributed by atoms with E-state index in [1.165, 1.54) is 28.5 Å². The summed E-state index contributed by atoms with van der Waals surface area (Å²) < 4.78 is 33.6. The molecule has 2 aliphatic heterocycles. The van der Waals surface area contributed by atoms with E-state index in [2.05, 4.69) is 10.2 Å². The van der Waals surface area contributed by atoms with Gasteiger partial charge in [0.15, 0.2) is 0 Å². The van der Waals surface area contributed by atoms with Crippen LogP contribution in [-0.2, 0) is 14.8 Å². The average Bonchev–Trinajstić information content (AvgIpc) is 3.04. The Balaban J connectivity index is 1.68. The summed E-state index contributed by atoms with van der Waals surface area (Å²) in [5, 5.41) is 2.94. The fraction of sp³-hybridized carbons (Fsp3) is 0.476. The summed E-state index contributed by atoms with van der Waals surface area (Å²) in [5.74, 6) is -0.297. The number of ether oxygens (including phenoxy) is 1. The topological polar surface area (TPSA) is 79.0 Å². The minimum atomic E-state index is -3.67. The second-order valence-electron chi connectivity index (χ2n) is 7.65. The van der Waals surface area contributed by atoms with Crippen LogP contribution in [0.1, 0.15) is 35.4 Å². The van der Waals surface area contributed by atoms with E-state index in [1.54, 1.807) is 24.3 Å². The molecule has 31 heavy (non-hydrogen) atoms. The van der Waals surface area contributed by atoms with Gasteiger partial charge in [-0.05, 0) is 43.2 Å². The van der Waals surface area contributed by atoms with Crippen LogP contribution in [-0.4, -0.2) is 58.0 Å². The Kier molecular flexibility index (Phi) is 7.18. The summed E-state index contributed by atoms with van der Waals surface area (Å²) in [7, 11) is -3.67. The van der Waals surface area contributed by atoms with E-state index < -0.39 is 10.0 Å². The van der Waals surface area contributed by atoms with Crippen molar-refractivity contribution in [2.45, 2.75) is 30.6 Å². The first kappa shape index (κ1) is 22.5. The fourth-order valence-corrected chi connectivity index (χ4v) is 6.29. The lowest BCUT2D eigenvalue weighted by molar-refractivity contribution is 0.0730. The van der Waals surface area contributed by atoms with Crippen molar-refractivity contribution < 1.29 is 17.9 Å². The predicted octanol–water partition coefficient (Wildman–Crippen LogP) is 4.06. The van der Waals surface area contributed by atoms with Gasteiger partial charge in [-0.15, -0.1) is 11.3 Å². The molecule has 1 aromatic carbocycles. The Morgan fingerprint density at radius 3 is 2.35 bits per heavy atom. The van der Waals surface area contributed by atoms with Crippen molar-refractivity contribution in [3.05, 3.63) is 39.5 Å². The molecule has 0 aliphatic carbocycles. The zero-order valence-electron chi connectivity index (χ0n) is 17.2. The number of sulfonamides is 1. The lowest BCUT2D eigenvalue weighted by Gasteiger charge is -2.28. The molecule has 3 heterocycles. The highest BCUT2D eigenvalue weighted by molar-refractivity contribution is 7.89. The second-order valence-corrected chi connectivity index (χ2v) is 11.3. The quantitative estimate of drug-likeness (QED) is 0.693. The summed E-state index contributed by atoms with van der Waals surface area (Å²) >= 11 is 7.18. The number of benzene rings is 1. The Morgan fingerprint density at radius 1 is 1.00 bits per heavy atom. The molecule has 0 radical (unpaired) electrons. The number of thiophene rings is 1. The molecule has 1 aromatic heterocycles. The summed E-state index contributed by atoms with van der Waals surface area (Å²) in [6.07, 6.45) is 4.49. The summed E-state index contributed by atoms with van der Waals surface area (Å²) in [5.41, 5.74) is 1.35. The minimum Gasteiger partial charge on any atom is -0.379 e. The molecule has 2 fully saturated rings. The molecule has 168 valence electrons. The van der Waals surface area contributed by atoms with Crippen molar-refractivity contribution in [3.8, 4) is 0 Å². The zero-order chi connectivity index (χ0) is 21.8. The van der Waals surface area contributed by atoms with E-state index >= 15 is 0 Å². The maximum atomic E-state index is 13.2. The van der Waals surface area contributed by atoms with Gasteiger partial charge in [0.05, 0.1) is 38.7 Å². The van der Waals surface area contributed by atoms with Gasteiger partial charge < -0.3 is 15.0 Å². The summed E-state index contributed by atoms with van der Waals surface area (Å²) in [6.45, 7) is 3.17. The van der Waals surface area contributed by atoms with Crippen LogP contribution in [0.2, 0.25) is 4.34 Å². The number of carbonyl (C=O) groups excluding carboxylic acids is 1. The standard InChI is InChI=1S/C21H26ClN3O4S2/c22-20-8-7-19(30-20)21(26)23-17-15-16(31(27,28)25-11-13-29-14-12-25)5-6-18(17)24-9-3-1-2-4-10-24/h5-8,15H,1-4,9-14H2,(H,23,26). The van der Waals surface area contributed by atoms with Gasteiger partial charge in [0.2, 0.25) is 10.0 Å². The van der Waals surface area contributed by atoms with E-state index in [1.807, 2.05) is 6.07 Å². The molecule has 10 heteroatoms. The number of amides is 1. The molecule has 0 bridgehead atoms. The SMILES string of the molecule is O=C(Nc1cc(S(=O)(=O)N2CCOCC2)ccc1N1CCCCCC1)c1ccc(Cl)s1. The van der Waals surface area contributed by atoms with E-state index in [-0.39, 0.29) is 10.8 Å². The van der Waals surface area contributed by atoms with Crippen molar-refractivity contribution in [1.82, 2.24) is 4.31 Å². The van der Waals surface area contributed by atoms with E-state index in [0.29, 0.717) is 41.2 Å². The Hall–Kier alpha value is -1.65. The average molecular weight is 484 g/mol. The molecular formula is C21H26ClN3O4S2. The summed E-state index contributed by atoms with van der Waals surface area (Å²) in [6, 6.07) is 8.38. The van der Waals surface area contributed by atoms with Crippen LogP contribution in [0, 0.1) is 0 Å². The molecule has 2 saturated heterocycles. The monoisotopic (exact) mass is 483 g/mol. The first-order chi connectivity index (χ1) is 14.9. The number of anilines is 2. The van der Waals surface area contributed by atoms with Gasteiger partial charge in [-0.1, -0.05) is 24.4 Å². The van der Waals surface area contributed by atoms with Gasteiger partial charge in [0, 0.05) is 26.2 Å². The highest BCUT2D eigenvalue weighted by Gasteiger charge is 2.28. The summed E-state index contributed by atoms with van der Waals surface area (Å²) in [4.78, 5) is 15.7. The number of rotatable bonds is 5. The molecule has 2 aromatic rings. The van der Waals surface area contributed by atoms with Crippen LogP contribution < -0.4 is 10.2 Å². The Labute approximate surface area is 192 Å². The van der Waals surface area contributed by atoms with Crippen LogP contribution in [0.3, 0.4) is 0 Å². The molecule has 7 nitrogen and oxygen atoms in total. The third-order valence-corrected chi connectivity index (χ3v) is 8.69. The molecule has 0 atom stereocenters. The van der Waals surface area contributed by atoms with Crippen LogP contribution in [0.15, 0.2) is 35.2 Å². The van der Waals surface area contributed by atoms with E-state index in [9.17, 15) is 13.2 Å². The second kappa shape index (κ2) is 9.87. The van der Waals surface area contributed by atoms with Gasteiger partial charge in [0.1, 0.15) is 0 Å². The number of halogens is 1. The maximum Gasteiger partial charge on any atom is 0.265 e. The van der Waals surface area contributed by atoms with Crippen molar-refractivity contribution in [2.75, 3.05) is 49.6 Å². The molecule has 2 aliphatic rings. The Morgan fingerprint density at radius 2 is 1.71 bits per heavy atom. The zero-order valence-corrected chi connectivity index (χ0v) is 19.6. The minimum absolute atomic E-state index is 0.174. The first-order valence-electron chi connectivity index (χ1n) is 10.5. The molecule has 1 N–H and O–H groups in total. The van der Waals surface area contributed by atoms with Crippen LogP contribution in [0.25, 0.3) is 0 Å².